The summed E-state index contributed by atoms with van der Waals surface area (Å²) in [5.41, 5.74) is -0.184. The monoisotopic (exact) mass is 322 g/mol. The number of amides is 1. The molecule has 0 radical (unpaired) electrons. The van der Waals surface area contributed by atoms with Crippen LogP contribution in [-0.2, 0) is 4.79 Å². The summed E-state index contributed by atoms with van der Waals surface area (Å²) in [6, 6.07) is 9.60. The first-order chi connectivity index (χ1) is 9.07. The largest absolute Gasteiger partial charge is 0.325 e. The third-order valence-electron chi connectivity index (χ3n) is 3.10. The van der Waals surface area contributed by atoms with Crippen LogP contribution in [0, 0.1) is 16.7 Å². The SMILES string of the molecule is CCCC(C#N)(CCC)C(=O)Nc1ccc(Br)cc1. The smallest absolute Gasteiger partial charge is 0.244 e. The van der Waals surface area contributed by atoms with Gasteiger partial charge in [0.05, 0.1) is 6.07 Å². The highest BCUT2D eigenvalue weighted by Crippen LogP contribution is 2.31. The molecule has 1 aromatic carbocycles. The highest BCUT2D eigenvalue weighted by Gasteiger charge is 2.36. The van der Waals surface area contributed by atoms with Gasteiger partial charge >= 0.3 is 0 Å². The third-order valence-corrected chi connectivity index (χ3v) is 3.63. The minimum absolute atomic E-state index is 0.193. The minimum Gasteiger partial charge on any atom is -0.325 e. The van der Waals surface area contributed by atoms with Crippen LogP contribution < -0.4 is 5.32 Å². The fourth-order valence-electron chi connectivity index (χ4n) is 2.15. The standard InChI is InChI=1S/C15H19BrN2O/c1-3-9-15(11-17,10-4-2)14(19)18-13-7-5-12(16)6-8-13/h5-8H,3-4,9-10H2,1-2H3,(H,18,19). The van der Waals surface area contributed by atoms with Gasteiger partial charge in [0, 0.05) is 10.2 Å². The molecule has 0 bridgehead atoms. The second-order valence-electron chi connectivity index (χ2n) is 4.65. The van der Waals surface area contributed by atoms with E-state index >= 15 is 0 Å². The Bertz CT molecular complexity index is 456. The molecule has 0 saturated carbocycles. The maximum absolute atomic E-state index is 12.4. The summed E-state index contributed by atoms with van der Waals surface area (Å²) in [7, 11) is 0. The number of carbonyl (C=O) groups excluding carboxylic acids is 1. The zero-order valence-corrected chi connectivity index (χ0v) is 13.0. The molecule has 1 amide bonds. The van der Waals surface area contributed by atoms with Crippen LogP contribution in [0.5, 0.6) is 0 Å². The zero-order chi connectivity index (χ0) is 14.3. The van der Waals surface area contributed by atoms with Crippen LogP contribution in [0.1, 0.15) is 39.5 Å². The average molecular weight is 323 g/mol. The summed E-state index contributed by atoms with van der Waals surface area (Å²) >= 11 is 3.35. The molecular weight excluding hydrogens is 304 g/mol. The molecule has 0 aliphatic carbocycles. The number of carbonyl (C=O) groups is 1. The highest BCUT2D eigenvalue weighted by molar-refractivity contribution is 9.10. The van der Waals surface area contributed by atoms with Crippen molar-refractivity contribution in [2.75, 3.05) is 5.32 Å². The number of nitriles is 1. The Kier molecular flexibility index (Phi) is 6.04. The molecule has 0 atom stereocenters. The Morgan fingerprint density at radius 1 is 1.26 bits per heavy atom. The topological polar surface area (TPSA) is 52.9 Å². The van der Waals surface area contributed by atoms with Crippen LogP contribution in [0.25, 0.3) is 0 Å². The van der Waals surface area contributed by atoms with E-state index in [1.165, 1.54) is 0 Å². The lowest BCUT2D eigenvalue weighted by Crippen LogP contribution is -2.35. The molecule has 0 aliphatic heterocycles. The lowest BCUT2D eigenvalue weighted by atomic mass is 9.79. The third kappa shape index (κ3) is 4.07. The number of hydrogen-bond donors (Lipinski definition) is 1. The number of halogens is 1. The van der Waals surface area contributed by atoms with Crippen LogP contribution >= 0.6 is 15.9 Å². The molecule has 4 heteroatoms. The molecule has 0 unspecified atom stereocenters. The second kappa shape index (κ2) is 7.30. The quantitative estimate of drug-likeness (QED) is 0.838. The lowest BCUT2D eigenvalue weighted by molar-refractivity contribution is -0.123. The molecule has 1 rings (SSSR count). The Morgan fingerprint density at radius 3 is 2.21 bits per heavy atom. The van der Waals surface area contributed by atoms with Gasteiger partial charge in [0.25, 0.3) is 0 Å². The molecule has 1 aromatic rings. The fraction of sp³-hybridized carbons (Fsp3) is 0.467. The van der Waals surface area contributed by atoms with Gasteiger partial charge in [0.1, 0.15) is 5.41 Å². The number of nitrogens with zero attached hydrogens (tertiary/aromatic N) is 1. The van der Waals surface area contributed by atoms with Gasteiger partial charge in [-0.05, 0) is 37.1 Å². The number of nitrogens with one attached hydrogen (secondary N) is 1. The first-order valence-corrected chi connectivity index (χ1v) is 7.35. The van der Waals surface area contributed by atoms with E-state index in [-0.39, 0.29) is 5.91 Å². The molecule has 0 aliphatic rings. The first-order valence-electron chi connectivity index (χ1n) is 6.56. The van der Waals surface area contributed by atoms with E-state index in [0.29, 0.717) is 12.8 Å². The van der Waals surface area contributed by atoms with E-state index in [0.717, 1.165) is 23.0 Å². The van der Waals surface area contributed by atoms with Crippen LogP contribution in [0.4, 0.5) is 5.69 Å². The van der Waals surface area contributed by atoms with Gasteiger partial charge in [-0.3, -0.25) is 4.79 Å². The predicted molar refractivity (Wildman–Crippen MR) is 80.6 cm³/mol. The van der Waals surface area contributed by atoms with Crippen LogP contribution in [0.3, 0.4) is 0 Å². The van der Waals surface area contributed by atoms with Crippen molar-refractivity contribution in [2.24, 2.45) is 5.41 Å². The van der Waals surface area contributed by atoms with Gasteiger partial charge in [-0.2, -0.15) is 5.26 Å². The van der Waals surface area contributed by atoms with Gasteiger partial charge in [0.2, 0.25) is 5.91 Å². The van der Waals surface area contributed by atoms with Crippen molar-refractivity contribution in [3.8, 4) is 6.07 Å². The number of benzene rings is 1. The molecule has 1 N–H and O–H groups in total. The normalized spacial score (nSPS) is 10.8. The van der Waals surface area contributed by atoms with E-state index in [1.807, 2.05) is 38.1 Å². The van der Waals surface area contributed by atoms with Crippen molar-refractivity contribution in [1.82, 2.24) is 0 Å². The van der Waals surface area contributed by atoms with E-state index in [4.69, 9.17) is 0 Å². The van der Waals surface area contributed by atoms with Crippen LogP contribution in [-0.4, -0.2) is 5.91 Å². The molecular formula is C15H19BrN2O. The highest BCUT2D eigenvalue weighted by atomic mass is 79.9. The maximum atomic E-state index is 12.4. The van der Waals surface area contributed by atoms with Gasteiger partial charge in [0.15, 0.2) is 0 Å². The van der Waals surface area contributed by atoms with E-state index in [9.17, 15) is 10.1 Å². The van der Waals surface area contributed by atoms with E-state index in [1.54, 1.807) is 0 Å². The summed E-state index contributed by atoms with van der Waals surface area (Å²) < 4.78 is 0.958. The first kappa shape index (κ1) is 15.7. The Hall–Kier alpha value is -1.34. The maximum Gasteiger partial charge on any atom is 0.244 e. The molecule has 0 aromatic heterocycles. The fourth-order valence-corrected chi connectivity index (χ4v) is 2.42. The number of hydrogen-bond acceptors (Lipinski definition) is 2. The molecule has 0 saturated heterocycles. The Labute approximate surface area is 123 Å². The molecule has 0 fully saturated rings. The number of anilines is 1. The van der Waals surface area contributed by atoms with Crippen molar-refractivity contribution >= 4 is 27.5 Å². The summed E-state index contributed by atoms with van der Waals surface area (Å²) in [6.07, 6.45) is 2.84. The Morgan fingerprint density at radius 2 is 1.79 bits per heavy atom. The van der Waals surface area contributed by atoms with Gasteiger partial charge < -0.3 is 5.32 Å². The van der Waals surface area contributed by atoms with Crippen molar-refractivity contribution in [1.29, 1.82) is 5.26 Å². The van der Waals surface area contributed by atoms with Crippen molar-refractivity contribution in [3.05, 3.63) is 28.7 Å². The van der Waals surface area contributed by atoms with Crippen molar-refractivity contribution in [3.63, 3.8) is 0 Å². The van der Waals surface area contributed by atoms with Gasteiger partial charge in [-0.15, -0.1) is 0 Å². The molecule has 0 spiro atoms. The minimum atomic E-state index is -0.906. The van der Waals surface area contributed by atoms with Crippen molar-refractivity contribution < 1.29 is 4.79 Å². The average Bonchev–Trinajstić information content (AvgIpc) is 2.41. The molecule has 3 nitrogen and oxygen atoms in total. The Balaban J connectivity index is 2.88. The lowest BCUT2D eigenvalue weighted by Gasteiger charge is -2.24. The number of rotatable bonds is 6. The molecule has 19 heavy (non-hydrogen) atoms. The summed E-state index contributed by atoms with van der Waals surface area (Å²) in [5, 5.41) is 12.3. The van der Waals surface area contributed by atoms with E-state index < -0.39 is 5.41 Å². The van der Waals surface area contributed by atoms with Crippen LogP contribution in [0.15, 0.2) is 28.7 Å². The molecule has 102 valence electrons. The summed E-state index contributed by atoms with van der Waals surface area (Å²) in [5.74, 6) is -0.193. The van der Waals surface area contributed by atoms with Crippen molar-refractivity contribution in [2.45, 2.75) is 39.5 Å². The van der Waals surface area contributed by atoms with Gasteiger partial charge in [-0.25, -0.2) is 0 Å². The molecule has 0 heterocycles. The summed E-state index contributed by atoms with van der Waals surface area (Å²) in [4.78, 5) is 12.4. The van der Waals surface area contributed by atoms with Crippen LogP contribution in [0.2, 0.25) is 0 Å². The zero-order valence-electron chi connectivity index (χ0n) is 11.4. The van der Waals surface area contributed by atoms with Gasteiger partial charge in [-0.1, -0.05) is 42.6 Å². The van der Waals surface area contributed by atoms with E-state index in [2.05, 4.69) is 27.3 Å². The summed E-state index contributed by atoms with van der Waals surface area (Å²) in [6.45, 7) is 3.99. The predicted octanol–water partition coefficient (Wildman–Crippen LogP) is 4.50. The second-order valence-corrected chi connectivity index (χ2v) is 5.57.